The van der Waals surface area contributed by atoms with Crippen LogP contribution in [-0.4, -0.2) is 4.98 Å². The Hall–Kier alpha value is -0.850. The van der Waals surface area contributed by atoms with Crippen molar-refractivity contribution in [1.29, 1.82) is 0 Å². The van der Waals surface area contributed by atoms with E-state index in [4.69, 9.17) is 0 Å². The molecule has 0 amide bonds. The minimum absolute atomic E-state index is 0.154. The Labute approximate surface area is 81.2 Å². The third-order valence-corrected chi connectivity index (χ3v) is 2.17. The molecular formula is C12H19N. The molecule has 0 atom stereocenters. The summed E-state index contributed by atoms with van der Waals surface area (Å²) in [5, 5.41) is 0. The van der Waals surface area contributed by atoms with Crippen LogP contribution in [0.15, 0.2) is 18.3 Å². The summed E-state index contributed by atoms with van der Waals surface area (Å²) in [5.74, 6) is 0.558. The molecular weight excluding hydrogens is 158 g/mol. The van der Waals surface area contributed by atoms with E-state index < -0.39 is 0 Å². The van der Waals surface area contributed by atoms with Gasteiger partial charge in [0.1, 0.15) is 0 Å². The van der Waals surface area contributed by atoms with E-state index in [0.29, 0.717) is 5.92 Å². The van der Waals surface area contributed by atoms with Crippen LogP contribution in [0.3, 0.4) is 0 Å². The molecule has 0 radical (unpaired) electrons. The number of hydrogen-bond donors (Lipinski definition) is 0. The topological polar surface area (TPSA) is 12.9 Å². The Morgan fingerprint density at radius 2 is 1.85 bits per heavy atom. The van der Waals surface area contributed by atoms with Gasteiger partial charge in [0, 0.05) is 17.3 Å². The van der Waals surface area contributed by atoms with Crippen molar-refractivity contribution in [2.75, 3.05) is 0 Å². The van der Waals surface area contributed by atoms with E-state index in [0.717, 1.165) is 0 Å². The lowest BCUT2D eigenvalue weighted by Crippen LogP contribution is -2.16. The summed E-state index contributed by atoms with van der Waals surface area (Å²) >= 11 is 0. The summed E-state index contributed by atoms with van der Waals surface area (Å²) in [6.07, 6.45) is 1.88. The Kier molecular flexibility index (Phi) is 2.74. The third kappa shape index (κ3) is 2.30. The van der Waals surface area contributed by atoms with Crippen LogP contribution in [0.5, 0.6) is 0 Å². The molecule has 0 spiro atoms. The van der Waals surface area contributed by atoms with Crippen molar-refractivity contribution in [3.05, 3.63) is 29.6 Å². The molecule has 0 fully saturated rings. The van der Waals surface area contributed by atoms with Gasteiger partial charge in [0.25, 0.3) is 0 Å². The molecule has 0 aromatic carbocycles. The van der Waals surface area contributed by atoms with Gasteiger partial charge in [0.15, 0.2) is 0 Å². The van der Waals surface area contributed by atoms with E-state index >= 15 is 0 Å². The molecule has 1 nitrogen and oxygen atoms in total. The molecule has 0 unspecified atom stereocenters. The molecule has 1 aromatic heterocycles. The molecule has 1 rings (SSSR count). The van der Waals surface area contributed by atoms with Crippen LogP contribution in [0, 0.1) is 0 Å². The van der Waals surface area contributed by atoms with Crippen molar-refractivity contribution in [3.8, 4) is 0 Å². The van der Waals surface area contributed by atoms with Crippen molar-refractivity contribution in [2.24, 2.45) is 0 Å². The molecule has 0 aliphatic carbocycles. The minimum atomic E-state index is 0.154. The predicted molar refractivity (Wildman–Crippen MR) is 57.0 cm³/mol. The fourth-order valence-corrected chi connectivity index (χ4v) is 1.51. The molecule has 72 valence electrons. The van der Waals surface area contributed by atoms with Gasteiger partial charge in [-0.15, -0.1) is 0 Å². The van der Waals surface area contributed by atoms with Gasteiger partial charge in [-0.2, -0.15) is 0 Å². The molecule has 0 saturated carbocycles. The standard InChI is InChI=1S/C12H19N/c1-9(2)10-7-6-8-13-11(10)12(3,4)5/h6-9H,1-5H3. The lowest BCUT2D eigenvalue weighted by Gasteiger charge is -2.22. The first-order valence-corrected chi connectivity index (χ1v) is 4.88. The maximum atomic E-state index is 4.47. The summed E-state index contributed by atoms with van der Waals surface area (Å²) in [6.45, 7) is 11.1. The summed E-state index contributed by atoms with van der Waals surface area (Å²) in [5.41, 5.74) is 2.75. The molecule has 1 aromatic rings. The van der Waals surface area contributed by atoms with Crippen LogP contribution in [0.25, 0.3) is 0 Å². The van der Waals surface area contributed by atoms with E-state index in [2.05, 4.69) is 45.7 Å². The van der Waals surface area contributed by atoms with Crippen molar-refractivity contribution in [3.63, 3.8) is 0 Å². The summed E-state index contributed by atoms with van der Waals surface area (Å²) in [4.78, 5) is 4.47. The van der Waals surface area contributed by atoms with Gasteiger partial charge in [0.05, 0.1) is 0 Å². The summed E-state index contributed by atoms with van der Waals surface area (Å²) in [6, 6.07) is 4.20. The number of nitrogens with zero attached hydrogens (tertiary/aromatic N) is 1. The Balaban J connectivity index is 3.20. The lowest BCUT2D eigenvalue weighted by atomic mass is 9.85. The zero-order valence-corrected chi connectivity index (χ0v) is 9.26. The zero-order chi connectivity index (χ0) is 10.1. The van der Waals surface area contributed by atoms with E-state index in [1.54, 1.807) is 0 Å². The molecule has 1 heterocycles. The van der Waals surface area contributed by atoms with Crippen molar-refractivity contribution < 1.29 is 0 Å². The third-order valence-electron chi connectivity index (χ3n) is 2.17. The van der Waals surface area contributed by atoms with Gasteiger partial charge < -0.3 is 0 Å². The number of hydrogen-bond acceptors (Lipinski definition) is 1. The first-order chi connectivity index (χ1) is 5.93. The van der Waals surface area contributed by atoms with Crippen LogP contribution in [-0.2, 0) is 5.41 Å². The molecule has 0 aliphatic heterocycles. The van der Waals surface area contributed by atoms with Gasteiger partial charge in [0.2, 0.25) is 0 Å². The second-order valence-corrected chi connectivity index (χ2v) is 4.85. The number of rotatable bonds is 1. The Bertz CT molecular complexity index is 281. The fraction of sp³-hybridized carbons (Fsp3) is 0.583. The van der Waals surface area contributed by atoms with E-state index in [1.165, 1.54) is 11.3 Å². The average Bonchev–Trinajstić information content (AvgIpc) is 2.03. The van der Waals surface area contributed by atoms with Crippen LogP contribution >= 0.6 is 0 Å². The Morgan fingerprint density at radius 3 is 2.23 bits per heavy atom. The number of pyridine rings is 1. The lowest BCUT2D eigenvalue weighted by molar-refractivity contribution is 0.555. The monoisotopic (exact) mass is 177 g/mol. The molecule has 0 saturated heterocycles. The highest BCUT2D eigenvalue weighted by Gasteiger charge is 2.20. The maximum Gasteiger partial charge on any atom is 0.0491 e. The van der Waals surface area contributed by atoms with Gasteiger partial charge in [-0.05, 0) is 17.5 Å². The fourth-order valence-electron chi connectivity index (χ4n) is 1.51. The van der Waals surface area contributed by atoms with Crippen molar-refractivity contribution in [2.45, 2.75) is 46.0 Å². The molecule has 1 heteroatoms. The zero-order valence-electron chi connectivity index (χ0n) is 9.26. The minimum Gasteiger partial charge on any atom is -0.260 e. The highest BCUT2D eigenvalue weighted by molar-refractivity contribution is 5.28. The molecule has 0 N–H and O–H groups in total. The first-order valence-electron chi connectivity index (χ1n) is 4.88. The average molecular weight is 177 g/mol. The maximum absolute atomic E-state index is 4.47. The quantitative estimate of drug-likeness (QED) is 0.639. The molecule has 0 aliphatic rings. The van der Waals surface area contributed by atoms with Gasteiger partial charge in [-0.25, -0.2) is 0 Å². The largest absolute Gasteiger partial charge is 0.260 e. The summed E-state index contributed by atoms with van der Waals surface area (Å²) in [7, 11) is 0. The van der Waals surface area contributed by atoms with E-state index in [1.807, 2.05) is 12.3 Å². The van der Waals surface area contributed by atoms with Crippen LogP contribution in [0.2, 0.25) is 0 Å². The van der Waals surface area contributed by atoms with Crippen molar-refractivity contribution >= 4 is 0 Å². The summed E-state index contributed by atoms with van der Waals surface area (Å²) < 4.78 is 0. The predicted octanol–water partition coefficient (Wildman–Crippen LogP) is 3.50. The van der Waals surface area contributed by atoms with Crippen LogP contribution in [0.1, 0.15) is 51.8 Å². The highest BCUT2D eigenvalue weighted by Crippen LogP contribution is 2.27. The SMILES string of the molecule is CC(C)c1cccnc1C(C)(C)C. The normalized spacial score (nSPS) is 12.2. The van der Waals surface area contributed by atoms with E-state index in [-0.39, 0.29) is 5.41 Å². The molecule has 0 bridgehead atoms. The van der Waals surface area contributed by atoms with Gasteiger partial charge >= 0.3 is 0 Å². The van der Waals surface area contributed by atoms with Gasteiger partial charge in [-0.1, -0.05) is 40.7 Å². The Morgan fingerprint density at radius 1 is 1.23 bits per heavy atom. The first kappa shape index (κ1) is 10.2. The van der Waals surface area contributed by atoms with Crippen LogP contribution in [0.4, 0.5) is 0 Å². The smallest absolute Gasteiger partial charge is 0.0491 e. The highest BCUT2D eigenvalue weighted by atomic mass is 14.7. The number of aromatic nitrogens is 1. The molecule has 13 heavy (non-hydrogen) atoms. The van der Waals surface area contributed by atoms with Crippen molar-refractivity contribution in [1.82, 2.24) is 4.98 Å². The second kappa shape index (κ2) is 3.49. The van der Waals surface area contributed by atoms with E-state index in [9.17, 15) is 0 Å². The van der Waals surface area contributed by atoms with Gasteiger partial charge in [-0.3, -0.25) is 4.98 Å². The van der Waals surface area contributed by atoms with Crippen LogP contribution < -0.4 is 0 Å². The second-order valence-electron chi connectivity index (χ2n) is 4.85.